The first-order valence-electron chi connectivity index (χ1n) is 8.44. The molecule has 0 radical (unpaired) electrons. The number of carbonyl (C=O) groups is 1. The maximum atomic E-state index is 12.4. The number of hydrogen-bond acceptors (Lipinski definition) is 4. The van der Waals surface area contributed by atoms with E-state index in [9.17, 15) is 13.6 Å². The van der Waals surface area contributed by atoms with E-state index < -0.39 is 6.61 Å². The number of amides is 1. The summed E-state index contributed by atoms with van der Waals surface area (Å²) in [6.07, 6.45) is 3.16. The highest BCUT2D eigenvalue weighted by Crippen LogP contribution is 2.30. The molecule has 1 amide bonds. The lowest BCUT2D eigenvalue weighted by Crippen LogP contribution is -2.48. The van der Waals surface area contributed by atoms with Crippen molar-refractivity contribution >= 4 is 12.0 Å². The Hall–Kier alpha value is -2.15. The van der Waals surface area contributed by atoms with Crippen LogP contribution in [0.15, 0.2) is 24.3 Å². The van der Waals surface area contributed by atoms with E-state index in [-0.39, 0.29) is 17.4 Å². The van der Waals surface area contributed by atoms with Gasteiger partial charge in [-0.25, -0.2) is 0 Å². The van der Waals surface area contributed by atoms with E-state index in [4.69, 9.17) is 4.74 Å². The van der Waals surface area contributed by atoms with Crippen molar-refractivity contribution in [3.8, 4) is 11.5 Å². The predicted octanol–water partition coefficient (Wildman–Crippen LogP) is 2.86. The summed E-state index contributed by atoms with van der Waals surface area (Å²) in [6.45, 7) is 5.45. The zero-order valence-corrected chi connectivity index (χ0v) is 14.6. The number of piperazine rings is 1. The molecule has 1 saturated heterocycles. The van der Waals surface area contributed by atoms with Crippen molar-refractivity contribution in [3.05, 3.63) is 29.8 Å². The Morgan fingerprint density at radius 2 is 1.92 bits per heavy atom. The Bertz CT molecular complexity index is 600. The molecule has 0 aliphatic carbocycles. The summed E-state index contributed by atoms with van der Waals surface area (Å²) >= 11 is 0. The molecule has 1 fully saturated rings. The smallest absolute Gasteiger partial charge is 0.387 e. The third-order valence-corrected chi connectivity index (χ3v) is 4.03. The summed E-state index contributed by atoms with van der Waals surface area (Å²) in [5.41, 5.74) is 0.686. The van der Waals surface area contributed by atoms with Crippen molar-refractivity contribution in [1.29, 1.82) is 0 Å². The minimum Gasteiger partial charge on any atom is -0.490 e. The van der Waals surface area contributed by atoms with Crippen LogP contribution in [0.1, 0.15) is 19.4 Å². The van der Waals surface area contributed by atoms with Gasteiger partial charge in [-0.1, -0.05) is 13.0 Å². The molecular formula is C18H24F2N2O3. The van der Waals surface area contributed by atoms with Crippen LogP contribution in [0.25, 0.3) is 6.08 Å². The van der Waals surface area contributed by atoms with Crippen molar-refractivity contribution < 1.29 is 23.0 Å². The molecule has 0 spiro atoms. The number of alkyl halides is 2. The van der Waals surface area contributed by atoms with Crippen LogP contribution in [0.2, 0.25) is 0 Å². The molecule has 0 atom stereocenters. The van der Waals surface area contributed by atoms with Gasteiger partial charge in [-0.05, 0) is 37.2 Å². The largest absolute Gasteiger partial charge is 0.490 e. The topological polar surface area (TPSA) is 42.0 Å². The molecule has 0 N–H and O–H groups in total. The van der Waals surface area contributed by atoms with Gasteiger partial charge in [0.25, 0.3) is 0 Å². The van der Waals surface area contributed by atoms with Gasteiger partial charge in [-0.3, -0.25) is 4.79 Å². The highest BCUT2D eigenvalue weighted by molar-refractivity contribution is 5.92. The van der Waals surface area contributed by atoms with Gasteiger partial charge in [0.05, 0.1) is 6.61 Å². The second-order valence-corrected chi connectivity index (χ2v) is 5.61. The van der Waals surface area contributed by atoms with E-state index in [2.05, 4.69) is 16.6 Å². The second-order valence-electron chi connectivity index (χ2n) is 5.61. The van der Waals surface area contributed by atoms with Crippen LogP contribution in [0, 0.1) is 0 Å². The number of nitrogens with zero attached hydrogens (tertiary/aromatic N) is 2. The maximum absolute atomic E-state index is 12.4. The molecular weight excluding hydrogens is 330 g/mol. The lowest BCUT2D eigenvalue weighted by molar-refractivity contribution is -0.127. The summed E-state index contributed by atoms with van der Waals surface area (Å²) in [7, 11) is 0. The second kappa shape index (κ2) is 9.36. The quantitative estimate of drug-likeness (QED) is 0.706. The van der Waals surface area contributed by atoms with E-state index in [1.807, 2.05) is 0 Å². The van der Waals surface area contributed by atoms with Crippen LogP contribution in [0.3, 0.4) is 0 Å². The first-order valence-corrected chi connectivity index (χ1v) is 8.44. The molecule has 138 valence electrons. The Morgan fingerprint density at radius 1 is 1.20 bits per heavy atom. The minimum absolute atomic E-state index is 0.0176. The van der Waals surface area contributed by atoms with Crippen LogP contribution in [0.4, 0.5) is 8.78 Å². The molecule has 1 heterocycles. The molecule has 1 aromatic carbocycles. The highest BCUT2D eigenvalue weighted by Gasteiger charge is 2.18. The fraction of sp³-hybridized carbons (Fsp3) is 0.500. The zero-order valence-electron chi connectivity index (χ0n) is 14.6. The first-order chi connectivity index (χ1) is 12.0. The van der Waals surface area contributed by atoms with E-state index in [1.54, 1.807) is 30.0 Å². The van der Waals surface area contributed by atoms with Gasteiger partial charge in [-0.2, -0.15) is 8.78 Å². The van der Waals surface area contributed by atoms with Crippen molar-refractivity contribution in [2.45, 2.75) is 20.5 Å². The fourth-order valence-electron chi connectivity index (χ4n) is 2.65. The molecule has 25 heavy (non-hydrogen) atoms. The molecule has 1 aliphatic heterocycles. The van der Waals surface area contributed by atoms with Gasteiger partial charge in [0, 0.05) is 32.3 Å². The van der Waals surface area contributed by atoms with E-state index in [0.717, 1.165) is 19.6 Å². The molecule has 2 rings (SSSR count). The van der Waals surface area contributed by atoms with Crippen LogP contribution < -0.4 is 9.47 Å². The fourth-order valence-corrected chi connectivity index (χ4v) is 2.65. The summed E-state index contributed by atoms with van der Waals surface area (Å²) < 4.78 is 34.6. The number of rotatable bonds is 7. The first kappa shape index (κ1) is 19.2. The SMILES string of the molecule is CCOc1cc(/C=C/C(=O)N2CCN(CC)CC2)ccc1OC(F)F. The summed E-state index contributed by atoms with van der Waals surface area (Å²) in [4.78, 5) is 16.4. The summed E-state index contributed by atoms with van der Waals surface area (Å²) in [6, 6.07) is 4.61. The monoisotopic (exact) mass is 354 g/mol. The standard InChI is InChI=1S/C18H24F2N2O3/c1-3-21-9-11-22(12-10-21)17(23)8-6-14-5-7-15(25-18(19)20)16(13-14)24-4-2/h5-8,13,18H,3-4,9-12H2,1-2H3/b8-6+. The van der Waals surface area contributed by atoms with Gasteiger partial charge >= 0.3 is 6.61 Å². The van der Waals surface area contributed by atoms with Crippen molar-refractivity contribution in [3.63, 3.8) is 0 Å². The zero-order chi connectivity index (χ0) is 18.2. The van der Waals surface area contributed by atoms with Crippen molar-refractivity contribution in [2.75, 3.05) is 39.3 Å². The number of carbonyl (C=O) groups excluding carboxylic acids is 1. The number of benzene rings is 1. The molecule has 7 heteroatoms. The molecule has 0 saturated carbocycles. The van der Waals surface area contributed by atoms with Gasteiger partial charge in [0.15, 0.2) is 11.5 Å². The highest BCUT2D eigenvalue weighted by atomic mass is 19.3. The van der Waals surface area contributed by atoms with Crippen LogP contribution in [-0.2, 0) is 4.79 Å². The Kier molecular flexibility index (Phi) is 7.18. The Balaban J connectivity index is 2.02. The Labute approximate surface area is 146 Å². The van der Waals surface area contributed by atoms with Crippen LogP contribution in [-0.4, -0.2) is 61.6 Å². The van der Waals surface area contributed by atoms with Gasteiger partial charge < -0.3 is 19.3 Å². The van der Waals surface area contributed by atoms with Gasteiger partial charge in [0.1, 0.15) is 0 Å². The number of ether oxygens (including phenoxy) is 2. The molecule has 0 unspecified atom stereocenters. The third kappa shape index (κ3) is 5.70. The normalized spacial score (nSPS) is 15.8. The third-order valence-electron chi connectivity index (χ3n) is 4.03. The molecule has 1 aliphatic rings. The van der Waals surface area contributed by atoms with E-state index in [0.29, 0.717) is 25.3 Å². The lowest BCUT2D eigenvalue weighted by Gasteiger charge is -2.33. The predicted molar refractivity (Wildman–Crippen MR) is 92.0 cm³/mol. The van der Waals surface area contributed by atoms with Crippen molar-refractivity contribution in [1.82, 2.24) is 9.80 Å². The minimum atomic E-state index is -2.91. The average molecular weight is 354 g/mol. The molecule has 0 bridgehead atoms. The number of likely N-dealkylation sites (N-methyl/N-ethyl adjacent to an activating group) is 1. The van der Waals surface area contributed by atoms with Crippen molar-refractivity contribution in [2.24, 2.45) is 0 Å². The van der Waals surface area contributed by atoms with Gasteiger partial charge in [-0.15, -0.1) is 0 Å². The molecule has 0 aromatic heterocycles. The Morgan fingerprint density at radius 3 is 2.52 bits per heavy atom. The summed E-state index contributed by atoms with van der Waals surface area (Å²) in [5, 5.41) is 0. The lowest BCUT2D eigenvalue weighted by atomic mass is 10.2. The van der Waals surface area contributed by atoms with Gasteiger partial charge in [0.2, 0.25) is 5.91 Å². The van der Waals surface area contributed by atoms with Crippen LogP contribution >= 0.6 is 0 Å². The molecule has 1 aromatic rings. The number of halogens is 2. The number of hydrogen-bond donors (Lipinski definition) is 0. The average Bonchev–Trinajstić information content (AvgIpc) is 2.61. The maximum Gasteiger partial charge on any atom is 0.387 e. The molecule has 5 nitrogen and oxygen atoms in total. The van der Waals surface area contributed by atoms with Crippen LogP contribution in [0.5, 0.6) is 11.5 Å². The summed E-state index contributed by atoms with van der Waals surface area (Å²) in [5.74, 6) is 0.159. The van der Waals surface area contributed by atoms with E-state index >= 15 is 0 Å². The van der Waals surface area contributed by atoms with E-state index in [1.165, 1.54) is 12.1 Å².